The Balaban J connectivity index is 2.60. The highest BCUT2D eigenvalue weighted by atomic mass is 19.1. The summed E-state index contributed by atoms with van der Waals surface area (Å²) in [5.74, 6) is -0.933. The first-order chi connectivity index (χ1) is 9.73. The largest absolute Gasteiger partial charge is 0.460 e. The first-order valence-electron chi connectivity index (χ1n) is 7.00. The minimum Gasteiger partial charge on any atom is -0.460 e. The lowest BCUT2D eigenvalue weighted by atomic mass is 10.2. The van der Waals surface area contributed by atoms with Crippen molar-refractivity contribution in [3.63, 3.8) is 0 Å². The molecule has 1 amide bonds. The fourth-order valence-electron chi connectivity index (χ4n) is 1.86. The summed E-state index contributed by atoms with van der Waals surface area (Å²) < 4.78 is 18.1. The molecule has 0 aromatic heterocycles. The van der Waals surface area contributed by atoms with E-state index in [1.54, 1.807) is 32.9 Å². The molecule has 4 nitrogen and oxygen atoms in total. The average Bonchev–Trinajstić information content (AvgIpc) is 2.37. The quantitative estimate of drug-likeness (QED) is 0.783. The van der Waals surface area contributed by atoms with Gasteiger partial charge in [-0.15, -0.1) is 0 Å². The molecule has 1 rings (SSSR count). The van der Waals surface area contributed by atoms with Crippen LogP contribution in [0, 0.1) is 5.82 Å². The van der Waals surface area contributed by atoms with E-state index in [1.807, 2.05) is 6.92 Å². The normalized spacial score (nSPS) is 11.1. The Hall–Kier alpha value is -1.91. The van der Waals surface area contributed by atoms with E-state index in [4.69, 9.17) is 4.74 Å². The van der Waals surface area contributed by atoms with Gasteiger partial charge in [0.2, 0.25) is 5.91 Å². The van der Waals surface area contributed by atoms with E-state index < -0.39 is 11.6 Å². The standard InChI is InChI=1S/C16H22FNO3/c1-5-18(13-8-6-12(17)7-9-13)14(19)10-11-15(20)21-16(2,3)4/h6-9H,5,10-11H2,1-4H3. The summed E-state index contributed by atoms with van der Waals surface area (Å²) in [6.07, 6.45) is 0.105. The summed E-state index contributed by atoms with van der Waals surface area (Å²) in [7, 11) is 0. The Bertz CT molecular complexity index is 491. The second-order valence-corrected chi connectivity index (χ2v) is 5.70. The van der Waals surface area contributed by atoms with E-state index in [2.05, 4.69) is 0 Å². The molecule has 0 saturated heterocycles. The molecule has 0 radical (unpaired) electrons. The molecule has 0 aliphatic carbocycles. The molecule has 21 heavy (non-hydrogen) atoms. The number of hydrogen-bond acceptors (Lipinski definition) is 3. The van der Waals surface area contributed by atoms with Gasteiger partial charge in [-0.1, -0.05) is 0 Å². The number of anilines is 1. The van der Waals surface area contributed by atoms with Crippen molar-refractivity contribution >= 4 is 17.6 Å². The summed E-state index contributed by atoms with van der Waals surface area (Å²) in [6, 6.07) is 5.70. The highest BCUT2D eigenvalue weighted by molar-refractivity contribution is 5.94. The molecule has 1 aromatic carbocycles. The molecule has 1 aromatic rings. The highest BCUT2D eigenvalue weighted by Crippen LogP contribution is 2.17. The van der Waals surface area contributed by atoms with Crippen molar-refractivity contribution in [1.82, 2.24) is 0 Å². The van der Waals surface area contributed by atoms with E-state index >= 15 is 0 Å². The molecule has 0 spiro atoms. The van der Waals surface area contributed by atoms with Gasteiger partial charge >= 0.3 is 5.97 Å². The van der Waals surface area contributed by atoms with Gasteiger partial charge in [0.25, 0.3) is 0 Å². The first kappa shape index (κ1) is 17.1. The predicted octanol–water partition coefficient (Wildman–Crippen LogP) is 3.30. The molecular formula is C16H22FNO3. The van der Waals surface area contributed by atoms with Crippen molar-refractivity contribution in [3.8, 4) is 0 Å². The number of benzene rings is 1. The van der Waals surface area contributed by atoms with Crippen LogP contribution in [-0.4, -0.2) is 24.0 Å². The summed E-state index contributed by atoms with van der Waals surface area (Å²) in [5, 5.41) is 0. The van der Waals surface area contributed by atoms with E-state index in [-0.39, 0.29) is 24.6 Å². The maximum atomic E-state index is 12.9. The molecule has 0 bridgehead atoms. The second-order valence-electron chi connectivity index (χ2n) is 5.70. The lowest BCUT2D eigenvalue weighted by molar-refractivity contribution is -0.155. The Morgan fingerprint density at radius 3 is 2.19 bits per heavy atom. The fraction of sp³-hybridized carbons (Fsp3) is 0.500. The van der Waals surface area contributed by atoms with Crippen molar-refractivity contribution in [2.75, 3.05) is 11.4 Å². The van der Waals surface area contributed by atoms with Crippen LogP contribution >= 0.6 is 0 Å². The van der Waals surface area contributed by atoms with E-state index in [0.29, 0.717) is 12.2 Å². The zero-order valence-electron chi connectivity index (χ0n) is 13.0. The third-order valence-corrected chi connectivity index (χ3v) is 2.72. The predicted molar refractivity (Wildman–Crippen MR) is 79.5 cm³/mol. The maximum Gasteiger partial charge on any atom is 0.306 e. The summed E-state index contributed by atoms with van der Waals surface area (Å²) in [4.78, 5) is 25.3. The van der Waals surface area contributed by atoms with Crippen molar-refractivity contribution < 1.29 is 18.7 Å². The number of hydrogen-bond donors (Lipinski definition) is 0. The number of halogens is 1. The fourth-order valence-corrected chi connectivity index (χ4v) is 1.86. The van der Waals surface area contributed by atoms with Gasteiger partial charge in [-0.2, -0.15) is 0 Å². The van der Waals surface area contributed by atoms with Crippen LogP contribution in [0.5, 0.6) is 0 Å². The van der Waals surface area contributed by atoms with Gasteiger partial charge < -0.3 is 9.64 Å². The molecule has 0 atom stereocenters. The number of amides is 1. The molecule has 5 heteroatoms. The van der Waals surface area contributed by atoms with Crippen LogP contribution in [0.25, 0.3) is 0 Å². The minimum absolute atomic E-state index is 0.0355. The smallest absolute Gasteiger partial charge is 0.306 e. The average molecular weight is 295 g/mol. The molecule has 0 aliphatic rings. The van der Waals surface area contributed by atoms with Gasteiger partial charge in [0.1, 0.15) is 11.4 Å². The van der Waals surface area contributed by atoms with Gasteiger partial charge in [0, 0.05) is 18.7 Å². The van der Waals surface area contributed by atoms with Gasteiger partial charge in [0.15, 0.2) is 0 Å². The monoisotopic (exact) mass is 295 g/mol. The Kier molecular flexibility index (Phi) is 5.88. The second kappa shape index (κ2) is 7.20. The van der Waals surface area contributed by atoms with E-state index in [9.17, 15) is 14.0 Å². The molecule has 0 aliphatic heterocycles. The van der Waals surface area contributed by atoms with Crippen LogP contribution in [-0.2, 0) is 14.3 Å². The number of carbonyl (C=O) groups is 2. The zero-order chi connectivity index (χ0) is 16.0. The summed E-state index contributed by atoms with van der Waals surface area (Å²) >= 11 is 0. The summed E-state index contributed by atoms with van der Waals surface area (Å²) in [6.45, 7) is 7.63. The minimum atomic E-state index is -0.554. The van der Waals surface area contributed by atoms with E-state index in [0.717, 1.165) is 0 Å². The van der Waals surface area contributed by atoms with Crippen LogP contribution < -0.4 is 4.90 Å². The SMILES string of the molecule is CCN(C(=O)CCC(=O)OC(C)(C)C)c1ccc(F)cc1. The highest BCUT2D eigenvalue weighted by Gasteiger charge is 2.19. The number of rotatable bonds is 5. The maximum absolute atomic E-state index is 12.9. The molecule has 116 valence electrons. The van der Waals surface area contributed by atoms with Gasteiger partial charge in [-0.05, 0) is 52.0 Å². The molecule has 0 N–H and O–H groups in total. The Labute approximate surface area is 124 Å². The summed E-state index contributed by atoms with van der Waals surface area (Å²) in [5.41, 5.74) is 0.0646. The van der Waals surface area contributed by atoms with Gasteiger partial charge in [-0.3, -0.25) is 9.59 Å². The van der Waals surface area contributed by atoms with Crippen molar-refractivity contribution in [3.05, 3.63) is 30.1 Å². The van der Waals surface area contributed by atoms with Gasteiger partial charge in [0.05, 0.1) is 6.42 Å². The molecule has 0 heterocycles. The topological polar surface area (TPSA) is 46.6 Å². The van der Waals surface area contributed by atoms with Crippen molar-refractivity contribution in [2.45, 2.75) is 46.1 Å². The molecular weight excluding hydrogens is 273 g/mol. The van der Waals surface area contributed by atoms with Gasteiger partial charge in [-0.25, -0.2) is 4.39 Å². The van der Waals surface area contributed by atoms with Crippen LogP contribution in [0.15, 0.2) is 24.3 Å². The number of nitrogens with zero attached hydrogens (tertiary/aromatic N) is 1. The molecule has 0 unspecified atom stereocenters. The lowest BCUT2D eigenvalue weighted by Gasteiger charge is -2.22. The lowest BCUT2D eigenvalue weighted by Crippen LogP contribution is -2.31. The van der Waals surface area contributed by atoms with Crippen LogP contribution in [0.2, 0.25) is 0 Å². The number of carbonyl (C=O) groups excluding carboxylic acids is 2. The van der Waals surface area contributed by atoms with E-state index in [1.165, 1.54) is 17.0 Å². The van der Waals surface area contributed by atoms with Crippen LogP contribution in [0.3, 0.4) is 0 Å². The zero-order valence-corrected chi connectivity index (χ0v) is 13.0. The first-order valence-corrected chi connectivity index (χ1v) is 7.00. The third kappa shape index (κ3) is 5.94. The molecule has 0 saturated carbocycles. The Morgan fingerprint density at radius 1 is 1.14 bits per heavy atom. The molecule has 0 fully saturated rings. The van der Waals surface area contributed by atoms with Crippen molar-refractivity contribution in [1.29, 1.82) is 0 Å². The van der Waals surface area contributed by atoms with Crippen molar-refractivity contribution in [2.24, 2.45) is 0 Å². The number of esters is 1. The Morgan fingerprint density at radius 2 is 1.71 bits per heavy atom. The number of ether oxygens (including phenoxy) is 1. The van der Waals surface area contributed by atoms with Crippen LogP contribution in [0.4, 0.5) is 10.1 Å². The third-order valence-electron chi connectivity index (χ3n) is 2.72. The van der Waals surface area contributed by atoms with Crippen LogP contribution in [0.1, 0.15) is 40.5 Å².